The summed E-state index contributed by atoms with van der Waals surface area (Å²) in [6.45, 7) is 8.37. The number of halogens is 2. The summed E-state index contributed by atoms with van der Waals surface area (Å²) >= 11 is 11.7. The van der Waals surface area contributed by atoms with Gasteiger partial charge in [0.25, 0.3) is 0 Å². The molecule has 0 aromatic heterocycles. The monoisotopic (exact) mass is 260 g/mol. The highest BCUT2D eigenvalue weighted by molar-refractivity contribution is 6.60. The third-order valence-corrected chi connectivity index (χ3v) is 4.88. The molecule has 86 valence electrons. The molecule has 0 aromatic rings. The van der Waals surface area contributed by atoms with E-state index < -0.39 is 13.9 Å². The minimum Gasteiger partial charge on any atom is -0.374 e. The first-order valence-corrected chi connectivity index (χ1v) is 7.76. The molecule has 0 aliphatic heterocycles. The van der Waals surface area contributed by atoms with Crippen LogP contribution in [0.25, 0.3) is 0 Å². The van der Waals surface area contributed by atoms with Crippen LogP contribution in [0.2, 0.25) is 6.55 Å². The van der Waals surface area contributed by atoms with Crippen LogP contribution in [0, 0.1) is 0 Å². The normalized spacial score (nSPS) is 16.7. The van der Waals surface area contributed by atoms with Crippen molar-refractivity contribution in [3.8, 4) is 0 Å². The Balaban J connectivity index is 4.34. The summed E-state index contributed by atoms with van der Waals surface area (Å²) < 4.78 is 16.5. The molecule has 0 aromatic carbocycles. The Morgan fingerprint density at radius 2 is 1.64 bits per heavy atom. The number of alkyl halides is 2. The van der Waals surface area contributed by atoms with Crippen LogP contribution in [0.5, 0.6) is 0 Å². The van der Waals surface area contributed by atoms with Crippen molar-refractivity contribution in [3.63, 3.8) is 0 Å². The van der Waals surface area contributed by atoms with Crippen molar-refractivity contribution < 1.29 is 13.3 Å². The van der Waals surface area contributed by atoms with E-state index in [0.29, 0.717) is 13.2 Å². The van der Waals surface area contributed by atoms with Gasteiger partial charge in [0, 0.05) is 19.8 Å². The van der Waals surface area contributed by atoms with Gasteiger partial charge in [-0.1, -0.05) is 11.6 Å². The van der Waals surface area contributed by atoms with Crippen molar-refractivity contribution in [1.82, 2.24) is 0 Å². The zero-order chi connectivity index (χ0) is 11.2. The molecule has 14 heavy (non-hydrogen) atoms. The molecule has 0 heterocycles. The molecule has 0 rings (SSSR count). The van der Waals surface area contributed by atoms with Gasteiger partial charge in [0.05, 0.1) is 5.88 Å². The van der Waals surface area contributed by atoms with Crippen LogP contribution in [0.1, 0.15) is 20.8 Å². The first kappa shape index (κ1) is 14.7. The van der Waals surface area contributed by atoms with E-state index in [9.17, 15) is 0 Å². The predicted octanol–water partition coefficient (Wildman–Crippen LogP) is 2.84. The van der Waals surface area contributed by atoms with Crippen molar-refractivity contribution in [3.05, 3.63) is 0 Å². The lowest BCUT2D eigenvalue weighted by Crippen LogP contribution is -2.48. The van der Waals surface area contributed by atoms with E-state index in [1.165, 1.54) is 0 Å². The maximum absolute atomic E-state index is 6.00. The molecule has 0 N–H and O–H groups in total. The Labute approximate surface area is 97.0 Å². The Kier molecular flexibility index (Phi) is 6.61. The van der Waals surface area contributed by atoms with Gasteiger partial charge in [-0.15, -0.1) is 11.6 Å². The second kappa shape index (κ2) is 6.30. The molecule has 6 heteroatoms. The fourth-order valence-electron chi connectivity index (χ4n) is 1.04. The van der Waals surface area contributed by atoms with E-state index in [2.05, 4.69) is 0 Å². The van der Waals surface area contributed by atoms with Gasteiger partial charge in [-0.25, -0.2) is 0 Å². The van der Waals surface area contributed by atoms with Crippen LogP contribution in [0.3, 0.4) is 0 Å². The van der Waals surface area contributed by atoms with E-state index >= 15 is 0 Å². The summed E-state index contributed by atoms with van der Waals surface area (Å²) in [5, 5.41) is -0.924. The van der Waals surface area contributed by atoms with Gasteiger partial charge >= 0.3 is 8.80 Å². The molecular formula is C8H18Cl2O3Si. The van der Waals surface area contributed by atoms with E-state index in [-0.39, 0.29) is 5.88 Å². The molecule has 1 atom stereocenters. The molecule has 0 amide bonds. The van der Waals surface area contributed by atoms with Gasteiger partial charge in [-0.05, 0) is 20.8 Å². The van der Waals surface area contributed by atoms with Gasteiger partial charge in [-0.2, -0.15) is 0 Å². The first-order chi connectivity index (χ1) is 6.39. The number of rotatable bonds is 7. The third kappa shape index (κ3) is 5.53. The molecule has 0 saturated heterocycles. The molecule has 0 radical (unpaired) electrons. The van der Waals surface area contributed by atoms with Gasteiger partial charge in [-0.3, -0.25) is 0 Å². The Morgan fingerprint density at radius 3 is 1.93 bits per heavy atom. The zero-order valence-corrected chi connectivity index (χ0v) is 11.6. The Morgan fingerprint density at radius 1 is 1.21 bits per heavy atom. The predicted molar refractivity (Wildman–Crippen MR) is 60.9 cm³/mol. The molecule has 0 aliphatic carbocycles. The second-order valence-electron chi connectivity index (χ2n) is 3.07. The summed E-state index contributed by atoms with van der Waals surface area (Å²) in [5.74, 6) is 0.192. The summed E-state index contributed by atoms with van der Waals surface area (Å²) in [4.78, 5) is 0. The fourth-order valence-corrected chi connectivity index (χ4v) is 3.70. The van der Waals surface area contributed by atoms with E-state index in [1.807, 2.05) is 20.4 Å². The molecular weight excluding hydrogens is 243 g/mol. The fraction of sp³-hybridized carbons (Fsp3) is 1.00. The summed E-state index contributed by atoms with van der Waals surface area (Å²) in [7, 11) is -2.62. The van der Waals surface area contributed by atoms with Crippen molar-refractivity contribution in [1.29, 1.82) is 0 Å². The highest BCUT2D eigenvalue weighted by Gasteiger charge is 2.41. The van der Waals surface area contributed by atoms with Crippen LogP contribution in [0.15, 0.2) is 0 Å². The first-order valence-electron chi connectivity index (χ1n) is 4.62. The van der Waals surface area contributed by atoms with Crippen LogP contribution in [-0.2, 0) is 13.3 Å². The maximum atomic E-state index is 6.00. The van der Waals surface area contributed by atoms with Crippen LogP contribution in [0.4, 0.5) is 0 Å². The highest BCUT2D eigenvalue weighted by Crippen LogP contribution is 2.24. The van der Waals surface area contributed by atoms with Gasteiger partial charge < -0.3 is 13.3 Å². The zero-order valence-electron chi connectivity index (χ0n) is 9.10. The van der Waals surface area contributed by atoms with Gasteiger partial charge in [0.15, 0.2) is 0 Å². The lowest BCUT2D eigenvalue weighted by atomic mass is 10.5. The molecule has 0 spiro atoms. The van der Waals surface area contributed by atoms with Gasteiger partial charge in [0.2, 0.25) is 0 Å². The van der Waals surface area contributed by atoms with Crippen molar-refractivity contribution in [2.75, 3.05) is 19.1 Å². The standard InChI is InChI=1S/C8H18Cl2O3Si/c1-5-11-14(4,12-6-2)13-8(3,10)7-9/h5-7H2,1-4H3. The smallest absolute Gasteiger partial charge is 0.374 e. The van der Waals surface area contributed by atoms with Crippen LogP contribution in [-0.4, -0.2) is 33.0 Å². The Bertz CT molecular complexity index is 161. The quantitative estimate of drug-likeness (QED) is 0.521. The van der Waals surface area contributed by atoms with E-state index in [4.69, 9.17) is 36.5 Å². The Hall–Kier alpha value is 0.677. The lowest BCUT2D eigenvalue weighted by Gasteiger charge is -2.32. The summed E-state index contributed by atoms with van der Waals surface area (Å²) in [6.07, 6.45) is 0. The number of hydrogen-bond donors (Lipinski definition) is 0. The SMILES string of the molecule is CCO[Si](C)(OCC)OC(C)(Cl)CCl. The van der Waals surface area contributed by atoms with Crippen molar-refractivity contribution >= 4 is 32.0 Å². The molecule has 0 fully saturated rings. The molecule has 1 unspecified atom stereocenters. The molecule has 0 saturated carbocycles. The average molecular weight is 261 g/mol. The molecule has 0 bridgehead atoms. The topological polar surface area (TPSA) is 27.7 Å². The minimum atomic E-state index is -2.62. The average Bonchev–Trinajstić information content (AvgIpc) is 2.03. The van der Waals surface area contributed by atoms with Crippen molar-refractivity contribution in [2.45, 2.75) is 32.4 Å². The molecule has 3 nitrogen and oxygen atoms in total. The van der Waals surface area contributed by atoms with E-state index in [1.54, 1.807) is 6.92 Å². The summed E-state index contributed by atoms with van der Waals surface area (Å²) in [5.41, 5.74) is 0. The minimum absolute atomic E-state index is 0.192. The highest BCUT2D eigenvalue weighted by atomic mass is 35.5. The maximum Gasteiger partial charge on any atom is 0.499 e. The van der Waals surface area contributed by atoms with Crippen molar-refractivity contribution in [2.24, 2.45) is 0 Å². The largest absolute Gasteiger partial charge is 0.499 e. The summed E-state index contributed by atoms with van der Waals surface area (Å²) in [6, 6.07) is 0. The molecule has 0 aliphatic rings. The van der Waals surface area contributed by atoms with Crippen LogP contribution >= 0.6 is 23.2 Å². The number of hydrogen-bond acceptors (Lipinski definition) is 3. The third-order valence-electron chi connectivity index (χ3n) is 1.45. The van der Waals surface area contributed by atoms with Gasteiger partial charge in [0.1, 0.15) is 5.06 Å². The van der Waals surface area contributed by atoms with E-state index in [0.717, 1.165) is 0 Å². The second-order valence-corrected chi connectivity index (χ2v) is 6.64. The van der Waals surface area contributed by atoms with Crippen LogP contribution < -0.4 is 0 Å². The lowest BCUT2D eigenvalue weighted by molar-refractivity contribution is 0.0354.